The minimum absolute atomic E-state index is 0.303. The third kappa shape index (κ3) is 5.20. The predicted molar refractivity (Wildman–Crippen MR) is 67.2 cm³/mol. The number of aliphatic carboxylic acids is 1. The molecule has 3 nitrogen and oxygen atoms in total. The Morgan fingerprint density at radius 3 is 2.59 bits per heavy atom. The van der Waals surface area contributed by atoms with E-state index in [1.165, 1.54) is 0 Å². The van der Waals surface area contributed by atoms with Gasteiger partial charge in [0.05, 0.1) is 6.61 Å². The summed E-state index contributed by atoms with van der Waals surface area (Å²) < 4.78 is 5.39. The molecule has 1 aromatic rings. The van der Waals surface area contributed by atoms with Gasteiger partial charge in [0.25, 0.3) is 0 Å². The first-order chi connectivity index (χ1) is 8.13. The maximum atomic E-state index is 10.9. The van der Waals surface area contributed by atoms with Crippen LogP contribution < -0.4 is 0 Å². The highest BCUT2D eigenvalue weighted by molar-refractivity contribution is 6.30. The summed E-state index contributed by atoms with van der Waals surface area (Å²) in [6.07, 6.45) is 1.66. The zero-order valence-electron chi connectivity index (χ0n) is 9.86. The van der Waals surface area contributed by atoms with Gasteiger partial charge in [0.2, 0.25) is 0 Å². The van der Waals surface area contributed by atoms with E-state index in [2.05, 4.69) is 0 Å². The molecule has 1 atom stereocenters. The van der Waals surface area contributed by atoms with Gasteiger partial charge in [-0.15, -0.1) is 0 Å². The molecule has 0 radical (unpaired) electrons. The summed E-state index contributed by atoms with van der Waals surface area (Å²) >= 11 is 5.76. The molecule has 0 spiro atoms. The first kappa shape index (κ1) is 14.0. The number of halogens is 1. The van der Waals surface area contributed by atoms with Gasteiger partial charge in [0.15, 0.2) is 6.10 Å². The molecule has 0 saturated carbocycles. The standard InChI is InChI=1S/C13H17ClO3/c1-2-3-4-12(13(15)16)17-9-10-5-7-11(14)8-6-10/h5-8,12H,2-4,9H2,1H3,(H,15,16). The first-order valence-electron chi connectivity index (χ1n) is 5.72. The van der Waals surface area contributed by atoms with Gasteiger partial charge in [-0.25, -0.2) is 4.79 Å². The number of hydrogen-bond donors (Lipinski definition) is 1. The van der Waals surface area contributed by atoms with Crippen LogP contribution in [0.3, 0.4) is 0 Å². The van der Waals surface area contributed by atoms with E-state index >= 15 is 0 Å². The molecule has 94 valence electrons. The van der Waals surface area contributed by atoms with Gasteiger partial charge in [-0.3, -0.25) is 0 Å². The Balaban J connectivity index is 2.45. The largest absolute Gasteiger partial charge is 0.479 e. The van der Waals surface area contributed by atoms with Gasteiger partial charge in [-0.2, -0.15) is 0 Å². The molecule has 0 aromatic heterocycles. The average Bonchev–Trinajstić information content (AvgIpc) is 2.31. The monoisotopic (exact) mass is 256 g/mol. The van der Waals surface area contributed by atoms with Gasteiger partial charge >= 0.3 is 5.97 Å². The summed E-state index contributed by atoms with van der Waals surface area (Å²) in [5.41, 5.74) is 0.928. The fourth-order valence-electron chi connectivity index (χ4n) is 1.45. The number of hydrogen-bond acceptors (Lipinski definition) is 2. The number of unbranched alkanes of at least 4 members (excludes halogenated alkanes) is 1. The number of carboxylic acid groups (broad SMARTS) is 1. The molecule has 1 aromatic carbocycles. The van der Waals surface area contributed by atoms with E-state index in [4.69, 9.17) is 21.4 Å². The lowest BCUT2D eigenvalue weighted by Crippen LogP contribution is -2.23. The zero-order chi connectivity index (χ0) is 12.7. The Hall–Kier alpha value is -1.06. The predicted octanol–water partition coefficient (Wildman–Crippen LogP) is 3.50. The molecule has 1 rings (SSSR count). The number of carbonyl (C=O) groups is 1. The molecule has 0 amide bonds. The fourth-order valence-corrected chi connectivity index (χ4v) is 1.57. The Kier molecular flexibility index (Phi) is 6.01. The van der Waals surface area contributed by atoms with Crippen LogP contribution >= 0.6 is 11.6 Å². The SMILES string of the molecule is CCCCC(OCc1ccc(Cl)cc1)C(=O)O. The van der Waals surface area contributed by atoms with Crippen molar-refractivity contribution in [2.75, 3.05) is 0 Å². The smallest absolute Gasteiger partial charge is 0.332 e. The summed E-state index contributed by atoms with van der Waals surface area (Å²) in [6, 6.07) is 7.20. The van der Waals surface area contributed by atoms with Gasteiger partial charge < -0.3 is 9.84 Å². The lowest BCUT2D eigenvalue weighted by molar-refractivity contribution is -0.151. The van der Waals surface area contributed by atoms with Crippen molar-refractivity contribution in [3.8, 4) is 0 Å². The van der Waals surface area contributed by atoms with Crippen LogP contribution in [0.4, 0.5) is 0 Å². The second-order valence-electron chi connectivity index (χ2n) is 3.91. The molecule has 0 aliphatic carbocycles. The third-order valence-electron chi connectivity index (χ3n) is 2.46. The normalized spacial score (nSPS) is 12.4. The van der Waals surface area contributed by atoms with E-state index in [0.29, 0.717) is 18.1 Å². The van der Waals surface area contributed by atoms with Crippen LogP contribution in [0.15, 0.2) is 24.3 Å². The van der Waals surface area contributed by atoms with Crippen molar-refractivity contribution in [1.29, 1.82) is 0 Å². The topological polar surface area (TPSA) is 46.5 Å². The van der Waals surface area contributed by atoms with Crippen LogP contribution in [-0.2, 0) is 16.1 Å². The Morgan fingerprint density at radius 2 is 2.06 bits per heavy atom. The third-order valence-corrected chi connectivity index (χ3v) is 2.71. The van der Waals surface area contributed by atoms with Crippen molar-refractivity contribution in [2.45, 2.75) is 38.9 Å². The molecular weight excluding hydrogens is 240 g/mol. The molecule has 1 N–H and O–H groups in total. The van der Waals surface area contributed by atoms with E-state index in [9.17, 15) is 4.79 Å². The number of rotatable bonds is 7. The van der Waals surface area contributed by atoms with Crippen LogP contribution in [0.25, 0.3) is 0 Å². The van der Waals surface area contributed by atoms with Crippen molar-refractivity contribution < 1.29 is 14.6 Å². The van der Waals surface area contributed by atoms with Crippen LogP contribution in [0, 0.1) is 0 Å². The second kappa shape index (κ2) is 7.30. The molecule has 0 aliphatic rings. The highest BCUT2D eigenvalue weighted by Crippen LogP contribution is 2.13. The highest BCUT2D eigenvalue weighted by atomic mass is 35.5. The lowest BCUT2D eigenvalue weighted by Gasteiger charge is -2.13. The van der Waals surface area contributed by atoms with Crippen molar-refractivity contribution in [3.05, 3.63) is 34.9 Å². The van der Waals surface area contributed by atoms with E-state index in [1.807, 2.05) is 19.1 Å². The minimum Gasteiger partial charge on any atom is -0.479 e. The van der Waals surface area contributed by atoms with Crippen LogP contribution in [-0.4, -0.2) is 17.2 Å². The molecule has 4 heteroatoms. The number of carboxylic acids is 1. The summed E-state index contributed by atoms with van der Waals surface area (Å²) in [4.78, 5) is 10.9. The fraction of sp³-hybridized carbons (Fsp3) is 0.462. The maximum Gasteiger partial charge on any atom is 0.332 e. The molecular formula is C13H17ClO3. The van der Waals surface area contributed by atoms with Crippen molar-refractivity contribution in [2.24, 2.45) is 0 Å². The Bertz CT molecular complexity index is 348. The van der Waals surface area contributed by atoms with E-state index < -0.39 is 12.1 Å². The summed E-state index contributed by atoms with van der Waals surface area (Å²) in [7, 11) is 0. The van der Waals surface area contributed by atoms with E-state index in [1.54, 1.807) is 12.1 Å². The van der Waals surface area contributed by atoms with Crippen molar-refractivity contribution in [3.63, 3.8) is 0 Å². The molecule has 0 bridgehead atoms. The molecule has 0 aliphatic heterocycles. The van der Waals surface area contributed by atoms with Crippen molar-refractivity contribution in [1.82, 2.24) is 0 Å². The Morgan fingerprint density at radius 1 is 1.41 bits per heavy atom. The number of ether oxygens (including phenoxy) is 1. The molecule has 17 heavy (non-hydrogen) atoms. The first-order valence-corrected chi connectivity index (χ1v) is 6.10. The average molecular weight is 257 g/mol. The summed E-state index contributed by atoms with van der Waals surface area (Å²) in [5.74, 6) is -0.896. The molecule has 1 unspecified atom stereocenters. The molecule has 0 heterocycles. The van der Waals surface area contributed by atoms with Gasteiger partial charge in [0.1, 0.15) is 0 Å². The highest BCUT2D eigenvalue weighted by Gasteiger charge is 2.17. The lowest BCUT2D eigenvalue weighted by atomic mass is 10.1. The van der Waals surface area contributed by atoms with E-state index in [0.717, 1.165) is 18.4 Å². The molecule has 0 saturated heterocycles. The Labute approximate surface area is 106 Å². The van der Waals surface area contributed by atoms with Crippen LogP contribution in [0.1, 0.15) is 31.7 Å². The van der Waals surface area contributed by atoms with Crippen LogP contribution in [0.2, 0.25) is 5.02 Å². The second-order valence-corrected chi connectivity index (χ2v) is 4.34. The van der Waals surface area contributed by atoms with Gasteiger partial charge in [-0.05, 0) is 24.1 Å². The zero-order valence-corrected chi connectivity index (χ0v) is 10.6. The van der Waals surface area contributed by atoms with Crippen LogP contribution in [0.5, 0.6) is 0 Å². The minimum atomic E-state index is -0.896. The summed E-state index contributed by atoms with van der Waals surface area (Å²) in [5, 5.41) is 9.64. The maximum absolute atomic E-state index is 10.9. The van der Waals surface area contributed by atoms with E-state index in [-0.39, 0.29) is 0 Å². The number of benzene rings is 1. The van der Waals surface area contributed by atoms with Gasteiger partial charge in [0, 0.05) is 5.02 Å². The molecule has 0 fully saturated rings. The quantitative estimate of drug-likeness (QED) is 0.812. The summed E-state index contributed by atoms with van der Waals surface area (Å²) in [6.45, 7) is 2.33. The van der Waals surface area contributed by atoms with Crippen molar-refractivity contribution >= 4 is 17.6 Å². The van der Waals surface area contributed by atoms with Gasteiger partial charge in [-0.1, -0.05) is 43.5 Å².